The Kier molecular flexibility index (Phi) is 8.05. The van der Waals surface area contributed by atoms with E-state index >= 15 is 0 Å². The second kappa shape index (κ2) is 8.75. The molecule has 2 N–H and O–H groups in total. The van der Waals surface area contributed by atoms with Gasteiger partial charge in [0.2, 0.25) is 5.91 Å². The van der Waals surface area contributed by atoms with E-state index in [1.807, 2.05) is 6.92 Å². The molecule has 98 valence electrons. The summed E-state index contributed by atoms with van der Waals surface area (Å²) in [5, 5.41) is 11.4. The Morgan fingerprint density at radius 1 is 1.53 bits per heavy atom. The minimum absolute atomic E-state index is 0.0497. The Labute approximate surface area is 102 Å². The van der Waals surface area contributed by atoms with Crippen LogP contribution >= 0.6 is 0 Å². The number of nitrogens with one attached hydrogen (secondary N) is 1. The van der Waals surface area contributed by atoms with E-state index in [-0.39, 0.29) is 25.0 Å². The molecule has 0 spiro atoms. The average molecular weight is 243 g/mol. The van der Waals surface area contributed by atoms with Gasteiger partial charge in [-0.05, 0) is 6.42 Å². The number of hydrogen-bond acceptors (Lipinski definition) is 3. The van der Waals surface area contributed by atoms with Crippen molar-refractivity contribution in [1.82, 2.24) is 5.32 Å². The highest BCUT2D eigenvalue weighted by Gasteiger charge is 2.22. The van der Waals surface area contributed by atoms with Gasteiger partial charge >= 0.3 is 5.97 Å². The molecule has 0 heterocycles. The smallest absolute Gasteiger partial charge is 0.328 e. The molecule has 5 heteroatoms. The molecule has 0 aliphatic heterocycles. The van der Waals surface area contributed by atoms with E-state index in [0.717, 1.165) is 12.8 Å². The summed E-state index contributed by atoms with van der Waals surface area (Å²) in [5.74, 6) is -1.52. The van der Waals surface area contributed by atoms with Crippen molar-refractivity contribution in [1.29, 1.82) is 0 Å². The molecule has 0 aromatic rings. The predicted octanol–water partition coefficient (Wildman–Crippen LogP) is 1.19. The largest absolute Gasteiger partial charge is 0.480 e. The molecule has 2 unspecified atom stereocenters. The minimum Gasteiger partial charge on any atom is -0.480 e. The van der Waals surface area contributed by atoms with Crippen molar-refractivity contribution in [3.63, 3.8) is 0 Å². The fourth-order valence-corrected chi connectivity index (χ4v) is 1.32. The highest BCUT2D eigenvalue weighted by molar-refractivity contribution is 5.84. The van der Waals surface area contributed by atoms with Crippen molar-refractivity contribution >= 4 is 11.9 Å². The molecular formula is C12H21NO4. The number of carboxylic acids is 1. The van der Waals surface area contributed by atoms with E-state index in [2.05, 4.69) is 11.9 Å². The number of aliphatic carboxylic acids is 1. The van der Waals surface area contributed by atoms with Gasteiger partial charge in [0.05, 0.1) is 13.2 Å². The van der Waals surface area contributed by atoms with Crippen molar-refractivity contribution in [2.24, 2.45) is 5.92 Å². The number of amides is 1. The van der Waals surface area contributed by atoms with E-state index in [9.17, 15) is 9.59 Å². The van der Waals surface area contributed by atoms with Gasteiger partial charge in [-0.3, -0.25) is 4.79 Å². The Morgan fingerprint density at radius 2 is 2.18 bits per heavy atom. The van der Waals surface area contributed by atoms with E-state index in [1.54, 1.807) is 6.92 Å². The molecule has 0 saturated carbocycles. The summed E-state index contributed by atoms with van der Waals surface area (Å²) in [6, 6.07) is -0.998. The third-order valence-corrected chi connectivity index (χ3v) is 2.30. The van der Waals surface area contributed by atoms with Gasteiger partial charge in [0.1, 0.15) is 0 Å². The zero-order valence-corrected chi connectivity index (χ0v) is 10.4. The SMILES string of the molecule is C=CCOCC(NC(=O)C(C)CCC)C(=O)O. The first kappa shape index (κ1) is 15.6. The lowest BCUT2D eigenvalue weighted by Crippen LogP contribution is -2.46. The number of rotatable bonds is 9. The summed E-state index contributed by atoms with van der Waals surface area (Å²) in [6.07, 6.45) is 3.16. The second-order valence-corrected chi connectivity index (χ2v) is 3.92. The van der Waals surface area contributed by atoms with E-state index in [1.165, 1.54) is 6.08 Å². The first-order valence-corrected chi connectivity index (χ1v) is 5.74. The van der Waals surface area contributed by atoms with Crippen LogP contribution in [0.1, 0.15) is 26.7 Å². The average Bonchev–Trinajstić information content (AvgIpc) is 2.27. The molecule has 0 aromatic heterocycles. The summed E-state index contributed by atoms with van der Waals surface area (Å²) < 4.78 is 5.03. The number of hydrogen-bond donors (Lipinski definition) is 2. The van der Waals surface area contributed by atoms with Crippen molar-refractivity contribution < 1.29 is 19.4 Å². The summed E-state index contributed by atoms with van der Waals surface area (Å²) in [6.45, 7) is 7.43. The first-order valence-electron chi connectivity index (χ1n) is 5.74. The lowest BCUT2D eigenvalue weighted by molar-refractivity contribution is -0.144. The zero-order valence-electron chi connectivity index (χ0n) is 10.4. The van der Waals surface area contributed by atoms with Gasteiger partial charge in [-0.1, -0.05) is 26.3 Å². The highest BCUT2D eigenvalue weighted by Crippen LogP contribution is 2.05. The van der Waals surface area contributed by atoms with E-state index in [0.29, 0.717) is 0 Å². The molecule has 0 aromatic carbocycles. The van der Waals surface area contributed by atoms with Gasteiger partial charge in [-0.15, -0.1) is 6.58 Å². The third kappa shape index (κ3) is 6.73. The maximum absolute atomic E-state index is 11.6. The predicted molar refractivity (Wildman–Crippen MR) is 64.7 cm³/mol. The van der Waals surface area contributed by atoms with Crippen LogP contribution in [0.15, 0.2) is 12.7 Å². The van der Waals surface area contributed by atoms with Gasteiger partial charge in [-0.25, -0.2) is 4.79 Å². The normalized spacial score (nSPS) is 13.8. The molecule has 0 bridgehead atoms. The Balaban J connectivity index is 4.19. The molecule has 0 aliphatic carbocycles. The molecule has 2 atom stereocenters. The summed E-state index contributed by atoms with van der Waals surface area (Å²) in [4.78, 5) is 22.5. The van der Waals surface area contributed by atoms with Crippen LogP contribution in [0.4, 0.5) is 0 Å². The fraction of sp³-hybridized carbons (Fsp3) is 0.667. The maximum Gasteiger partial charge on any atom is 0.328 e. The van der Waals surface area contributed by atoms with Gasteiger partial charge in [0, 0.05) is 5.92 Å². The highest BCUT2D eigenvalue weighted by atomic mass is 16.5. The summed E-state index contributed by atoms with van der Waals surface area (Å²) >= 11 is 0. The van der Waals surface area contributed by atoms with Crippen molar-refractivity contribution in [2.45, 2.75) is 32.7 Å². The molecule has 0 radical (unpaired) electrons. The van der Waals surface area contributed by atoms with Crippen LogP contribution in [-0.2, 0) is 14.3 Å². The Bertz CT molecular complexity index is 265. The zero-order chi connectivity index (χ0) is 13.3. The Morgan fingerprint density at radius 3 is 2.65 bits per heavy atom. The summed E-state index contributed by atoms with van der Waals surface area (Å²) in [5.41, 5.74) is 0. The molecular weight excluding hydrogens is 222 g/mol. The van der Waals surface area contributed by atoms with Crippen molar-refractivity contribution in [3.05, 3.63) is 12.7 Å². The minimum atomic E-state index is -1.09. The van der Waals surface area contributed by atoms with Gasteiger partial charge in [0.25, 0.3) is 0 Å². The lowest BCUT2D eigenvalue weighted by Gasteiger charge is -2.17. The number of carboxylic acid groups (broad SMARTS) is 1. The molecule has 0 fully saturated rings. The van der Waals surface area contributed by atoms with Crippen LogP contribution in [0.25, 0.3) is 0 Å². The van der Waals surface area contributed by atoms with Crippen molar-refractivity contribution in [2.75, 3.05) is 13.2 Å². The van der Waals surface area contributed by atoms with Crippen LogP contribution in [0.2, 0.25) is 0 Å². The van der Waals surface area contributed by atoms with Gasteiger partial charge in [0.15, 0.2) is 6.04 Å². The lowest BCUT2D eigenvalue weighted by atomic mass is 10.1. The van der Waals surface area contributed by atoms with Crippen LogP contribution in [0.5, 0.6) is 0 Å². The molecule has 0 saturated heterocycles. The number of ether oxygens (including phenoxy) is 1. The second-order valence-electron chi connectivity index (χ2n) is 3.92. The number of carbonyl (C=O) groups excluding carboxylic acids is 1. The van der Waals surface area contributed by atoms with E-state index in [4.69, 9.17) is 9.84 Å². The fourth-order valence-electron chi connectivity index (χ4n) is 1.32. The first-order chi connectivity index (χ1) is 8.02. The van der Waals surface area contributed by atoms with E-state index < -0.39 is 12.0 Å². The standard InChI is InChI=1S/C12H21NO4/c1-4-6-9(3)11(14)13-10(12(15)16)8-17-7-5-2/h5,9-10H,2,4,6-8H2,1,3H3,(H,13,14)(H,15,16). The van der Waals surface area contributed by atoms with Gasteiger partial charge < -0.3 is 15.2 Å². The molecule has 5 nitrogen and oxygen atoms in total. The quantitative estimate of drug-likeness (QED) is 0.471. The topological polar surface area (TPSA) is 75.6 Å². The summed E-state index contributed by atoms with van der Waals surface area (Å²) in [7, 11) is 0. The van der Waals surface area contributed by atoms with Crippen LogP contribution < -0.4 is 5.32 Å². The van der Waals surface area contributed by atoms with Crippen LogP contribution in [0.3, 0.4) is 0 Å². The third-order valence-electron chi connectivity index (χ3n) is 2.30. The molecule has 17 heavy (non-hydrogen) atoms. The van der Waals surface area contributed by atoms with Crippen LogP contribution in [-0.4, -0.2) is 36.2 Å². The number of carbonyl (C=O) groups is 2. The van der Waals surface area contributed by atoms with Gasteiger partial charge in [-0.2, -0.15) is 0 Å². The molecule has 0 rings (SSSR count). The van der Waals surface area contributed by atoms with Crippen LogP contribution in [0, 0.1) is 5.92 Å². The maximum atomic E-state index is 11.6. The Hall–Kier alpha value is -1.36. The monoisotopic (exact) mass is 243 g/mol. The molecule has 0 aliphatic rings. The molecule has 1 amide bonds. The van der Waals surface area contributed by atoms with Crippen molar-refractivity contribution in [3.8, 4) is 0 Å².